The fraction of sp³-hybridized carbons (Fsp3) is 0.222. The fourth-order valence-electron chi connectivity index (χ4n) is 1.18. The van der Waals surface area contributed by atoms with Crippen molar-refractivity contribution in [1.82, 2.24) is 0 Å². The van der Waals surface area contributed by atoms with Crippen LogP contribution in [-0.2, 0) is 0 Å². The lowest BCUT2D eigenvalue weighted by Crippen LogP contribution is -2.03. The van der Waals surface area contributed by atoms with E-state index in [4.69, 9.17) is 0 Å². The lowest BCUT2D eigenvalue weighted by molar-refractivity contribution is -0.384. The van der Waals surface area contributed by atoms with E-state index in [1.165, 1.54) is 7.05 Å². The first-order valence-electron chi connectivity index (χ1n) is 4.14. The summed E-state index contributed by atoms with van der Waals surface area (Å²) in [5.41, 5.74) is -0.549. The first kappa shape index (κ1) is 11.1. The van der Waals surface area contributed by atoms with Gasteiger partial charge in [-0.2, -0.15) is 0 Å². The number of hydrogen-bond donors (Lipinski definition) is 1. The number of ketones is 1. The number of anilines is 1. The molecule has 1 aromatic rings. The van der Waals surface area contributed by atoms with Crippen molar-refractivity contribution in [2.75, 3.05) is 12.4 Å². The molecule has 1 aromatic carbocycles. The summed E-state index contributed by atoms with van der Waals surface area (Å²) in [6.07, 6.45) is 0. The van der Waals surface area contributed by atoms with E-state index in [0.717, 1.165) is 19.1 Å². The maximum absolute atomic E-state index is 13.2. The molecule has 0 bridgehead atoms. The Morgan fingerprint density at radius 1 is 1.53 bits per heavy atom. The summed E-state index contributed by atoms with van der Waals surface area (Å²) in [5, 5.41) is 13.1. The maximum Gasteiger partial charge on any atom is 0.293 e. The molecule has 0 unspecified atom stereocenters. The number of benzene rings is 1. The Kier molecular flexibility index (Phi) is 2.99. The van der Waals surface area contributed by atoms with Gasteiger partial charge in [0.05, 0.1) is 10.5 Å². The van der Waals surface area contributed by atoms with Gasteiger partial charge in [0.2, 0.25) is 0 Å². The van der Waals surface area contributed by atoms with E-state index in [9.17, 15) is 19.3 Å². The van der Waals surface area contributed by atoms with E-state index in [1.54, 1.807) is 0 Å². The normalized spacial score (nSPS) is 9.80. The molecule has 0 aliphatic rings. The highest BCUT2D eigenvalue weighted by Crippen LogP contribution is 2.27. The van der Waals surface area contributed by atoms with Crippen LogP contribution in [0, 0.1) is 15.9 Å². The molecule has 0 aromatic heterocycles. The number of nitro benzene ring substituents is 1. The molecule has 1 rings (SSSR count). The first-order valence-corrected chi connectivity index (χ1v) is 4.14. The predicted molar refractivity (Wildman–Crippen MR) is 52.6 cm³/mol. The van der Waals surface area contributed by atoms with E-state index in [-0.39, 0.29) is 16.9 Å². The molecule has 0 aliphatic heterocycles. The maximum atomic E-state index is 13.2. The van der Waals surface area contributed by atoms with Gasteiger partial charge in [0, 0.05) is 19.2 Å². The molecule has 15 heavy (non-hydrogen) atoms. The molecular weight excluding hydrogens is 203 g/mol. The van der Waals surface area contributed by atoms with Crippen LogP contribution in [0.2, 0.25) is 0 Å². The molecule has 6 heteroatoms. The van der Waals surface area contributed by atoms with Gasteiger partial charge in [-0.05, 0) is 6.92 Å². The molecule has 0 spiro atoms. The third-order valence-electron chi connectivity index (χ3n) is 1.93. The Labute approximate surface area is 85.1 Å². The van der Waals surface area contributed by atoms with Crippen molar-refractivity contribution in [3.63, 3.8) is 0 Å². The molecule has 0 fully saturated rings. The summed E-state index contributed by atoms with van der Waals surface area (Å²) in [6.45, 7) is 1.15. The number of rotatable bonds is 3. The van der Waals surface area contributed by atoms with Crippen LogP contribution < -0.4 is 5.32 Å². The minimum Gasteiger partial charge on any atom is -0.382 e. The highest BCUT2D eigenvalue weighted by atomic mass is 19.1. The van der Waals surface area contributed by atoms with E-state index in [0.29, 0.717) is 0 Å². The first-order chi connectivity index (χ1) is 6.97. The van der Waals surface area contributed by atoms with Crippen molar-refractivity contribution < 1.29 is 14.1 Å². The van der Waals surface area contributed by atoms with Crippen LogP contribution in [0.5, 0.6) is 0 Å². The van der Waals surface area contributed by atoms with Crippen molar-refractivity contribution in [3.8, 4) is 0 Å². The van der Waals surface area contributed by atoms with Gasteiger partial charge < -0.3 is 5.32 Å². The summed E-state index contributed by atoms with van der Waals surface area (Å²) in [7, 11) is 1.44. The topological polar surface area (TPSA) is 72.2 Å². The largest absolute Gasteiger partial charge is 0.382 e. The standard InChI is InChI=1S/C9H9FN2O3/c1-5(13)6-3-9(12(14)15)8(11-2)4-7(6)10/h3-4,11H,1-2H3. The molecular formula is C9H9FN2O3. The molecule has 5 nitrogen and oxygen atoms in total. The molecule has 0 amide bonds. The van der Waals surface area contributed by atoms with Crippen molar-refractivity contribution in [2.24, 2.45) is 0 Å². The quantitative estimate of drug-likeness (QED) is 0.472. The number of nitrogens with one attached hydrogen (secondary N) is 1. The van der Waals surface area contributed by atoms with Gasteiger partial charge in [0.1, 0.15) is 11.5 Å². The number of hydrogen-bond acceptors (Lipinski definition) is 4. The number of halogens is 1. The molecule has 0 heterocycles. The molecule has 0 saturated heterocycles. The highest BCUT2D eigenvalue weighted by molar-refractivity contribution is 5.95. The summed E-state index contributed by atoms with van der Waals surface area (Å²) in [6, 6.07) is 1.87. The number of carbonyl (C=O) groups excluding carboxylic acids is 1. The number of nitrogens with zero attached hydrogens (tertiary/aromatic N) is 1. The van der Waals surface area contributed by atoms with E-state index in [1.807, 2.05) is 0 Å². The number of nitro groups is 1. The van der Waals surface area contributed by atoms with Crippen LogP contribution >= 0.6 is 0 Å². The van der Waals surface area contributed by atoms with Crippen molar-refractivity contribution in [1.29, 1.82) is 0 Å². The molecule has 0 radical (unpaired) electrons. The summed E-state index contributed by atoms with van der Waals surface area (Å²) >= 11 is 0. The zero-order valence-corrected chi connectivity index (χ0v) is 8.20. The Hall–Kier alpha value is -1.98. The minimum absolute atomic E-state index is 0.0440. The minimum atomic E-state index is -0.766. The molecule has 0 aliphatic carbocycles. The molecule has 80 valence electrons. The SMILES string of the molecule is CNc1cc(F)c(C(C)=O)cc1[N+](=O)[O-]. The van der Waals surface area contributed by atoms with Crippen LogP contribution in [-0.4, -0.2) is 17.8 Å². The third kappa shape index (κ3) is 2.09. The second-order valence-corrected chi connectivity index (χ2v) is 2.91. The van der Waals surface area contributed by atoms with Gasteiger partial charge in [-0.3, -0.25) is 14.9 Å². The van der Waals surface area contributed by atoms with Gasteiger partial charge in [-0.25, -0.2) is 4.39 Å². The Balaban J connectivity index is 3.43. The Morgan fingerprint density at radius 3 is 2.53 bits per heavy atom. The Bertz CT molecular complexity index is 432. The van der Waals surface area contributed by atoms with Crippen LogP contribution in [0.1, 0.15) is 17.3 Å². The molecule has 0 atom stereocenters. The number of Topliss-reactive ketones (excluding diaryl/α,β-unsaturated/α-hetero) is 1. The molecule has 0 saturated carbocycles. The lowest BCUT2D eigenvalue weighted by Gasteiger charge is -2.04. The highest BCUT2D eigenvalue weighted by Gasteiger charge is 2.19. The van der Waals surface area contributed by atoms with Crippen molar-refractivity contribution in [2.45, 2.75) is 6.92 Å². The van der Waals surface area contributed by atoms with Crippen LogP contribution in [0.3, 0.4) is 0 Å². The fourth-order valence-corrected chi connectivity index (χ4v) is 1.18. The second-order valence-electron chi connectivity index (χ2n) is 2.91. The predicted octanol–water partition coefficient (Wildman–Crippen LogP) is 1.98. The second kappa shape index (κ2) is 4.04. The van der Waals surface area contributed by atoms with Gasteiger partial charge in [0.25, 0.3) is 5.69 Å². The Morgan fingerprint density at radius 2 is 2.13 bits per heavy atom. The molecule has 1 N–H and O–H groups in total. The average molecular weight is 212 g/mol. The van der Waals surface area contributed by atoms with Crippen LogP contribution in [0.4, 0.5) is 15.8 Å². The summed E-state index contributed by atoms with van der Waals surface area (Å²) in [4.78, 5) is 20.9. The van der Waals surface area contributed by atoms with Crippen LogP contribution in [0.25, 0.3) is 0 Å². The third-order valence-corrected chi connectivity index (χ3v) is 1.93. The smallest absolute Gasteiger partial charge is 0.293 e. The van der Waals surface area contributed by atoms with Crippen molar-refractivity contribution in [3.05, 3.63) is 33.6 Å². The van der Waals surface area contributed by atoms with Crippen LogP contribution in [0.15, 0.2) is 12.1 Å². The van der Waals surface area contributed by atoms with E-state index in [2.05, 4.69) is 5.32 Å². The van der Waals surface area contributed by atoms with E-state index < -0.39 is 16.5 Å². The van der Waals surface area contributed by atoms with Gasteiger partial charge >= 0.3 is 0 Å². The monoisotopic (exact) mass is 212 g/mol. The zero-order valence-electron chi connectivity index (χ0n) is 8.20. The van der Waals surface area contributed by atoms with Gasteiger partial charge in [0.15, 0.2) is 5.78 Å². The summed E-state index contributed by atoms with van der Waals surface area (Å²) < 4.78 is 13.2. The van der Waals surface area contributed by atoms with Gasteiger partial charge in [-0.15, -0.1) is 0 Å². The zero-order chi connectivity index (χ0) is 11.6. The van der Waals surface area contributed by atoms with Gasteiger partial charge in [-0.1, -0.05) is 0 Å². The van der Waals surface area contributed by atoms with E-state index >= 15 is 0 Å². The lowest BCUT2D eigenvalue weighted by atomic mass is 10.1. The average Bonchev–Trinajstić information content (AvgIpc) is 2.16. The summed E-state index contributed by atoms with van der Waals surface area (Å²) in [5.74, 6) is -1.31. The van der Waals surface area contributed by atoms with Crippen molar-refractivity contribution >= 4 is 17.2 Å². The number of carbonyl (C=O) groups is 1.